The minimum atomic E-state index is -0.314. The van der Waals surface area contributed by atoms with Gasteiger partial charge in [-0.3, -0.25) is 10.1 Å². The third-order valence-electron chi connectivity index (χ3n) is 4.17. The van der Waals surface area contributed by atoms with Crippen LogP contribution in [0, 0.1) is 6.92 Å². The van der Waals surface area contributed by atoms with E-state index in [1.807, 2.05) is 29.6 Å². The summed E-state index contributed by atoms with van der Waals surface area (Å²) in [4.78, 5) is 21.4. The number of aromatic nitrogens is 3. The van der Waals surface area contributed by atoms with E-state index >= 15 is 0 Å². The highest BCUT2D eigenvalue weighted by atomic mass is 32.1. The molecule has 30 heavy (non-hydrogen) atoms. The number of hydrogen-bond donors (Lipinski definition) is 1. The molecule has 9 heteroatoms. The largest absolute Gasteiger partial charge is 0.497 e. The zero-order chi connectivity index (χ0) is 20.9. The molecule has 0 saturated carbocycles. The van der Waals surface area contributed by atoms with Gasteiger partial charge in [-0.1, -0.05) is 17.3 Å². The first-order valence-corrected chi connectivity index (χ1v) is 9.92. The Bertz CT molecular complexity index is 1150. The van der Waals surface area contributed by atoms with E-state index in [0.29, 0.717) is 28.2 Å². The van der Waals surface area contributed by atoms with E-state index in [0.717, 1.165) is 17.0 Å². The second kappa shape index (κ2) is 8.75. The molecule has 1 amide bonds. The molecule has 0 atom stereocenters. The zero-order valence-electron chi connectivity index (χ0n) is 16.3. The van der Waals surface area contributed by atoms with Crippen LogP contribution in [0.4, 0.5) is 5.13 Å². The molecule has 4 aromatic rings. The summed E-state index contributed by atoms with van der Waals surface area (Å²) < 4.78 is 15.8. The first-order valence-electron chi connectivity index (χ1n) is 9.04. The Morgan fingerprint density at radius 3 is 2.67 bits per heavy atom. The lowest BCUT2D eigenvalue weighted by Crippen LogP contribution is -2.13. The van der Waals surface area contributed by atoms with E-state index in [9.17, 15) is 4.79 Å². The molecule has 0 fully saturated rings. The van der Waals surface area contributed by atoms with Crippen LogP contribution in [0.5, 0.6) is 11.5 Å². The van der Waals surface area contributed by atoms with Crippen molar-refractivity contribution in [1.82, 2.24) is 15.1 Å². The number of amides is 1. The Kier molecular flexibility index (Phi) is 5.71. The maximum atomic E-state index is 12.8. The second-order valence-corrected chi connectivity index (χ2v) is 7.09. The Morgan fingerprint density at radius 1 is 1.13 bits per heavy atom. The second-order valence-electron chi connectivity index (χ2n) is 6.23. The van der Waals surface area contributed by atoms with Gasteiger partial charge in [-0.15, -0.1) is 11.3 Å². The standard InChI is InChI=1S/C21H18N4O4S/c1-13-22-19(25-29-13)11-28-18-6-4-3-5-16(18)20(26)24-21-23-17(12-30-21)14-7-9-15(27-2)10-8-14/h3-10,12H,11H2,1-2H3,(H,23,24,26). The lowest BCUT2D eigenvalue weighted by Gasteiger charge is -2.09. The van der Waals surface area contributed by atoms with Crippen molar-refractivity contribution in [1.29, 1.82) is 0 Å². The molecule has 152 valence electrons. The molecular weight excluding hydrogens is 404 g/mol. The molecule has 2 aromatic heterocycles. The fraction of sp³-hybridized carbons (Fsp3) is 0.143. The molecule has 8 nitrogen and oxygen atoms in total. The van der Waals surface area contributed by atoms with Crippen LogP contribution in [0.3, 0.4) is 0 Å². The van der Waals surface area contributed by atoms with E-state index in [-0.39, 0.29) is 12.5 Å². The monoisotopic (exact) mass is 422 g/mol. The van der Waals surface area contributed by atoms with E-state index in [4.69, 9.17) is 14.0 Å². The van der Waals surface area contributed by atoms with Crippen molar-refractivity contribution in [2.75, 3.05) is 12.4 Å². The molecule has 2 heterocycles. The van der Waals surface area contributed by atoms with Crippen molar-refractivity contribution < 1.29 is 18.8 Å². The highest BCUT2D eigenvalue weighted by Gasteiger charge is 2.15. The van der Waals surface area contributed by atoms with Crippen LogP contribution in [-0.2, 0) is 6.61 Å². The number of thiazole rings is 1. The molecule has 0 aliphatic rings. The van der Waals surface area contributed by atoms with Crippen LogP contribution in [-0.4, -0.2) is 28.1 Å². The smallest absolute Gasteiger partial charge is 0.261 e. The van der Waals surface area contributed by atoms with Gasteiger partial charge in [-0.2, -0.15) is 4.98 Å². The number of anilines is 1. The molecule has 1 N–H and O–H groups in total. The van der Waals surface area contributed by atoms with Crippen LogP contribution in [0.2, 0.25) is 0 Å². The van der Waals surface area contributed by atoms with E-state index in [1.54, 1.807) is 38.3 Å². The summed E-state index contributed by atoms with van der Waals surface area (Å²) in [6.07, 6.45) is 0. The number of carbonyl (C=O) groups is 1. The van der Waals surface area contributed by atoms with Crippen molar-refractivity contribution in [3.8, 4) is 22.8 Å². The number of benzene rings is 2. The van der Waals surface area contributed by atoms with Gasteiger partial charge < -0.3 is 14.0 Å². The maximum Gasteiger partial charge on any atom is 0.261 e. The Hall–Kier alpha value is -3.72. The number of para-hydroxylation sites is 1. The van der Waals surface area contributed by atoms with Crippen molar-refractivity contribution in [3.63, 3.8) is 0 Å². The SMILES string of the molecule is COc1ccc(-c2csc(NC(=O)c3ccccc3OCc3noc(C)n3)n2)cc1. The fourth-order valence-corrected chi connectivity index (χ4v) is 3.43. The van der Waals surface area contributed by atoms with Crippen molar-refractivity contribution in [2.24, 2.45) is 0 Å². The first-order chi connectivity index (χ1) is 14.6. The quantitative estimate of drug-likeness (QED) is 0.473. The van der Waals surface area contributed by atoms with E-state index < -0.39 is 0 Å². The first kappa shape index (κ1) is 19.6. The van der Waals surface area contributed by atoms with Gasteiger partial charge in [0.05, 0.1) is 18.4 Å². The molecule has 0 spiro atoms. The van der Waals surface area contributed by atoms with Crippen LogP contribution < -0.4 is 14.8 Å². The van der Waals surface area contributed by atoms with E-state index in [2.05, 4.69) is 20.4 Å². The number of aryl methyl sites for hydroxylation is 1. The van der Waals surface area contributed by atoms with Crippen LogP contribution in [0.1, 0.15) is 22.1 Å². The van der Waals surface area contributed by atoms with Crippen molar-refractivity contribution in [2.45, 2.75) is 13.5 Å². The lowest BCUT2D eigenvalue weighted by molar-refractivity contribution is 0.102. The van der Waals surface area contributed by atoms with Gasteiger partial charge in [-0.25, -0.2) is 4.98 Å². The molecule has 0 aliphatic heterocycles. The van der Waals surface area contributed by atoms with Gasteiger partial charge in [-0.05, 0) is 36.4 Å². The molecular formula is C21H18N4O4S. The van der Waals surface area contributed by atoms with Gasteiger partial charge in [0.25, 0.3) is 5.91 Å². The highest BCUT2D eigenvalue weighted by Crippen LogP contribution is 2.27. The molecule has 0 bridgehead atoms. The summed E-state index contributed by atoms with van der Waals surface area (Å²) in [6, 6.07) is 14.5. The lowest BCUT2D eigenvalue weighted by atomic mass is 10.2. The normalized spacial score (nSPS) is 10.6. The molecule has 2 aromatic carbocycles. The Balaban J connectivity index is 1.45. The number of methoxy groups -OCH3 is 1. The summed E-state index contributed by atoms with van der Waals surface area (Å²) in [7, 11) is 1.62. The molecule has 0 aliphatic carbocycles. The molecule has 0 unspecified atom stereocenters. The van der Waals surface area contributed by atoms with Gasteiger partial charge in [0.15, 0.2) is 11.7 Å². The average Bonchev–Trinajstić information content (AvgIpc) is 3.41. The van der Waals surface area contributed by atoms with Gasteiger partial charge >= 0.3 is 0 Å². The predicted molar refractivity (Wildman–Crippen MR) is 112 cm³/mol. The maximum absolute atomic E-state index is 12.8. The highest BCUT2D eigenvalue weighted by molar-refractivity contribution is 7.14. The van der Waals surface area contributed by atoms with Crippen LogP contribution >= 0.6 is 11.3 Å². The predicted octanol–water partition coefficient (Wildman–Crippen LogP) is 4.34. The van der Waals surface area contributed by atoms with Crippen molar-refractivity contribution >= 4 is 22.4 Å². The summed E-state index contributed by atoms with van der Waals surface area (Å²) in [5.41, 5.74) is 2.10. The van der Waals surface area contributed by atoms with Crippen molar-refractivity contribution in [3.05, 3.63) is 71.2 Å². The summed E-state index contributed by atoms with van der Waals surface area (Å²) in [6.45, 7) is 1.80. The van der Waals surface area contributed by atoms with Crippen LogP contribution in [0.25, 0.3) is 11.3 Å². The number of hydrogen-bond acceptors (Lipinski definition) is 8. The summed E-state index contributed by atoms with van der Waals surface area (Å²) in [5.74, 6) is 1.74. The average molecular weight is 422 g/mol. The Morgan fingerprint density at radius 2 is 1.93 bits per heavy atom. The number of nitrogens with zero attached hydrogens (tertiary/aromatic N) is 3. The Labute approximate surface area is 176 Å². The third-order valence-corrected chi connectivity index (χ3v) is 4.93. The number of ether oxygens (including phenoxy) is 2. The van der Waals surface area contributed by atoms with Gasteiger partial charge in [0.2, 0.25) is 11.7 Å². The number of nitrogens with one attached hydrogen (secondary N) is 1. The van der Waals surface area contributed by atoms with Gasteiger partial charge in [0.1, 0.15) is 11.5 Å². The van der Waals surface area contributed by atoms with E-state index in [1.165, 1.54) is 11.3 Å². The minimum absolute atomic E-state index is 0.0977. The topological polar surface area (TPSA) is 99.4 Å². The zero-order valence-corrected chi connectivity index (χ0v) is 17.1. The molecule has 0 saturated heterocycles. The number of carbonyl (C=O) groups excluding carboxylic acids is 1. The summed E-state index contributed by atoms with van der Waals surface area (Å²) in [5, 5.41) is 9.00. The minimum Gasteiger partial charge on any atom is -0.497 e. The number of rotatable bonds is 7. The molecule has 0 radical (unpaired) electrons. The summed E-state index contributed by atoms with van der Waals surface area (Å²) >= 11 is 1.35. The fourth-order valence-electron chi connectivity index (χ4n) is 2.71. The third kappa shape index (κ3) is 4.47. The van der Waals surface area contributed by atoms with Gasteiger partial charge in [0, 0.05) is 17.9 Å². The van der Waals surface area contributed by atoms with Crippen LogP contribution in [0.15, 0.2) is 58.4 Å². The molecule has 4 rings (SSSR count).